The third-order valence-electron chi connectivity index (χ3n) is 3.13. The van der Waals surface area contributed by atoms with Gasteiger partial charge in [0.25, 0.3) is 0 Å². The SMILES string of the molecule is OCCCNc1nn2c(-c3ccc(CO)cc3)cnc2s1. The van der Waals surface area contributed by atoms with E-state index in [1.54, 1.807) is 10.7 Å². The van der Waals surface area contributed by atoms with Crippen molar-refractivity contribution in [2.75, 3.05) is 18.5 Å². The highest BCUT2D eigenvalue weighted by molar-refractivity contribution is 7.20. The first-order valence-electron chi connectivity index (χ1n) is 6.71. The van der Waals surface area contributed by atoms with Crippen molar-refractivity contribution in [3.63, 3.8) is 0 Å². The molecule has 6 nitrogen and oxygen atoms in total. The summed E-state index contributed by atoms with van der Waals surface area (Å²) < 4.78 is 1.81. The van der Waals surface area contributed by atoms with Crippen molar-refractivity contribution in [1.82, 2.24) is 14.6 Å². The topological polar surface area (TPSA) is 82.7 Å². The van der Waals surface area contributed by atoms with Gasteiger partial charge in [-0.15, -0.1) is 5.10 Å². The van der Waals surface area contributed by atoms with Gasteiger partial charge >= 0.3 is 0 Å². The van der Waals surface area contributed by atoms with E-state index in [-0.39, 0.29) is 13.2 Å². The molecule has 0 saturated heterocycles. The average Bonchev–Trinajstić information content (AvgIpc) is 3.08. The number of nitrogens with zero attached hydrogens (tertiary/aromatic N) is 3. The predicted molar refractivity (Wildman–Crippen MR) is 82.4 cm³/mol. The summed E-state index contributed by atoms with van der Waals surface area (Å²) in [6.45, 7) is 0.892. The van der Waals surface area contributed by atoms with Crippen LogP contribution < -0.4 is 5.32 Å². The van der Waals surface area contributed by atoms with E-state index >= 15 is 0 Å². The summed E-state index contributed by atoms with van der Waals surface area (Å²) in [5.74, 6) is 0. The summed E-state index contributed by atoms with van der Waals surface area (Å²) in [4.78, 5) is 5.19. The molecular formula is C14H16N4O2S. The predicted octanol–water partition coefficient (Wildman–Crippen LogP) is 1.74. The molecule has 0 amide bonds. The zero-order valence-electron chi connectivity index (χ0n) is 11.4. The van der Waals surface area contributed by atoms with Gasteiger partial charge in [-0.1, -0.05) is 35.6 Å². The van der Waals surface area contributed by atoms with Gasteiger partial charge in [0.05, 0.1) is 18.5 Å². The first-order valence-corrected chi connectivity index (χ1v) is 7.53. The molecule has 3 aromatic rings. The van der Waals surface area contributed by atoms with Gasteiger partial charge in [0.15, 0.2) is 0 Å². The van der Waals surface area contributed by atoms with Gasteiger partial charge in [-0.3, -0.25) is 0 Å². The van der Waals surface area contributed by atoms with Crippen molar-refractivity contribution in [2.24, 2.45) is 0 Å². The summed E-state index contributed by atoms with van der Waals surface area (Å²) in [6, 6.07) is 7.68. The Morgan fingerprint density at radius 2 is 2.00 bits per heavy atom. The summed E-state index contributed by atoms with van der Waals surface area (Å²) >= 11 is 1.48. The maximum atomic E-state index is 9.08. The van der Waals surface area contributed by atoms with Gasteiger partial charge in [-0.05, 0) is 12.0 Å². The number of anilines is 1. The standard InChI is InChI=1S/C14H16N4O2S/c19-7-1-6-15-13-17-18-12(8-16-14(18)21-13)11-4-2-10(9-20)3-5-11/h2-5,8,19-20H,1,6-7,9H2,(H,15,17). The number of aliphatic hydroxyl groups excluding tert-OH is 2. The Balaban J connectivity index is 1.87. The minimum absolute atomic E-state index is 0.0394. The summed E-state index contributed by atoms with van der Waals surface area (Å²) in [7, 11) is 0. The van der Waals surface area contributed by atoms with Crippen molar-refractivity contribution in [2.45, 2.75) is 13.0 Å². The molecule has 0 aliphatic rings. The van der Waals surface area contributed by atoms with E-state index in [0.717, 1.165) is 26.9 Å². The second-order valence-electron chi connectivity index (χ2n) is 4.60. The van der Waals surface area contributed by atoms with Gasteiger partial charge in [-0.25, -0.2) is 9.50 Å². The van der Waals surface area contributed by atoms with E-state index in [9.17, 15) is 0 Å². The number of hydrogen-bond donors (Lipinski definition) is 3. The van der Waals surface area contributed by atoms with Crippen LogP contribution in [0.15, 0.2) is 30.5 Å². The highest BCUT2D eigenvalue weighted by Crippen LogP contribution is 2.26. The number of rotatable bonds is 6. The van der Waals surface area contributed by atoms with Gasteiger partial charge in [0.2, 0.25) is 10.1 Å². The van der Waals surface area contributed by atoms with Crippen molar-refractivity contribution >= 4 is 21.4 Å². The molecule has 0 atom stereocenters. The molecule has 0 spiro atoms. The number of aliphatic hydroxyl groups is 2. The Kier molecular flexibility index (Phi) is 4.14. The molecule has 2 heterocycles. The Hall–Kier alpha value is -1.96. The normalized spacial score (nSPS) is 11.1. The number of hydrogen-bond acceptors (Lipinski definition) is 6. The van der Waals surface area contributed by atoms with Crippen molar-refractivity contribution < 1.29 is 10.2 Å². The lowest BCUT2D eigenvalue weighted by molar-refractivity contribution is 0.282. The molecule has 3 rings (SSSR count). The third kappa shape index (κ3) is 2.90. The Labute approximate surface area is 125 Å². The van der Waals surface area contributed by atoms with E-state index in [0.29, 0.717) is 13.0 Å². The molecule has 1 aromatic carbocycles. The molecule has 0 aliphatic heterocycles. The summed E-state index contributed by atoms with van der Waals surface area (Å²) in [5.41, 5.74) is 2.80. The lowest BCUT2D eigenvalue weighted by Crippen LogP contribution is -2.03. The monoisotopic (exact) mass is 304 g/mol. The number of aromatic nitrogens is 3. The van der Waals surface area contributed by atoms with Crippen molar-refractivity contribution in [3.05, 3.63) is 36.0 Å². The van der Waals surface area contributed by atoms with Crippen LogP contribution in [0.3, 0.4) is 0 Å². The van der Waals surface area contributed by atoms with Crippen LogP contribution in [0.4, 0.5) is 5.13 Å². The lowest BCUT2D eigenvalue weighted by Gasteiger charge is -2.01. The Morgan fingerprint density at radius 1 is 1.19 bits per heavy atom. The number of nitrogens with one attached hydrogen (secondary N) is 1. The Morgan fingerprint density at radius 3 is 2.71 bits per heavy atom. The Bertz CT molecular complexity index is 720. The van der Waals surface area contributed by atoms with E-state index in [1.807, 2.05) is 24.3 Å². The molecule has 3 N–H and O–H groups in total. The first kappa shape index (κ1) is 14.0. The molecule has 2 aromatic heterocycles. The molecule has 7 heteroatoms. The van der Waals surface area contributed by atoms with Gasteiger partial charge in [0, 0.05) is 18.7 Å². The molecular weight excluding hydrogens is 288 g/mol. The van der Waals surface area contributed by atoms with E-state index < -0.39 is 0 Å². The van der Waals surface area contributed by atoms with Crippen molar-refractivity contribution in [3.8, 4) is 11.3 Å². The fourth-order valence-corrected chi connectivity index (χ4v) is 2.82. The van der Waals surface area contributed by atoms with Crippen LogP contribution in [0.2, 0.25) is 0 Å². The van der Waals surface area contributed by atoms with Crippen LogP contribution >= 0.6 is 11.3 Å². The largest absolute Gasteiger partial charge is 0.396 e. The second-order valence-corrected chi connectivity index (χ2v) is 5.56. The molecule has 21 heavy (non-hydrogen) atoms. The second kappa shape index (κ2) is 6.21. The van der Waals surface area contributed by atoms with Crippen LogP contribution in [0.25, 0.3) is 16.2 Å². The van der Waals surface area contributed by atoms with Crippen molar-refractivity contribution in [1.29, 1.82) is 0 Å². The number of imidazole rings is 1. The van der Waals surface area contributed by atoms with Gasteiger partial charge in [-0.2, -0.15) is 0 Å². The van der Waals surface area contributed by atoms with E-state index in [1.165, 1.54) is 11.3 Å². The minimum Gasteiger partial charge on any atom is -0.396 e. The van der Waals surface area contributed by atoms with Crippen LogP contribution in [0, 0.1) is 0 Å². The van der Waals surface area contributed by atoms with Gasteiger partial charge in [0.1, 0.15) is 0 Å². The molecule has 0 saturated carbocycles. The summed E-state index contributed by atoms with van der Waals surface area (Å²) in [5, 5.41) is 26.3. The molecule has 0 bridgehead atoms. The fraction of sp³-hybridized carbons (Fsp3) is 0.286. The highest BCUT2D eigenvalue weighted by Gasteiger charge is 2.11. The molecule has 0 fully saturated rings. The molecule has 0 radical (unpaired) electrons. The highest BCUT2D eigenvalue weighted by atomic mass is 32.1. The quantitative estimate of drug-likeness (QED) is 0.604. The van der Waals surface area contributed by atoms with Crippen LogP contribution in [0.1, 0.15) is 12.0 Å². The van der Waals surface area contributed by atoms with Crippen LogP contribution in [0.5, 0.6) is 0 Å². The molecule has 0 aliphatic carbocycles. The minimum atomic E-state index is 0.0394. The van der Waals surface area contributed by atoms with E-state index in [2.05, 4.69) is 15.4 Å². The van der Waals surface area contributed by atoms with Gasteiger partial charge < -0.3 is 15.5 Å². The number of benzene rings is 1. The van der Waals surface area contributed by atoms with Crippen LogP contribution in [-0.4, -0.2) is 38.0 Å². The third-order valence-corrected chi connectivity index (χ3v) is 4.01. The smallest absolute Gasteiger partial charge is 0.214 e. The maximum Gasteiger partial charge on any atom is 0.214 e. The zero-order valence-corrected chi connectivity index (χ0v) is 12.2. The summed E-state index contributed by atoms with van der Waals surface area (Å²) in [6.07, 6.45) is 2.49. The zero-order chi connectivity index (χ0) is 14.7. The van der Waals surface area contributed by atoms with E-state index in [4.69, 9.17) is 10.2 Å². The average molecular weight is 304 g/mol. The maximum absolute atomic E-state index is 9.08. The first-order chi connectivity index (χ1) is 10.3. The lowest BCUT2D eigenvalue weighted by atomic mass is 10.1. The molecule has 0 unspecified atom stereocenters. The van der Waals surface area contributed by atoms with Crippen LogP contribution in [-0.2, 0) is 6.61 Å². The number of fused-ring (bicyclic) bond motifs is 1. The fourth-order valence-electron chi connectivity index (χ4n) is 2.02. The molecule has 110 valence electrons.